The fourth-order valence-electron chi connectivity index (χ4n) is 1.73. The van der Waals surface area contributed by atoms with Crippen LogP contribution in [-0.2, 0) is 0 Å². The zero-order valence-electron chi connectivity index (χ0n) is 10.9. The molecule has 2 aromatic rings. The zero-order valence-corrected chi connectivity index (χ0v) is 11.8. The summed E-state index contributed by atoms with van der Waals surface area (Å²) in [5, 5.41) is 6.27. The Kier molecular flexibility index (Phi) is 5.17. The summed E-state index contributed by atoms with van der Waals surface area (Å²) in [5.41, 5.74) is 2.29. The molecule has 0 spiro atoms. The second-order valence-corrected chi connectivity index (χ2v) is 5.02. The van der Waals surface area contributed by atoms with E-state index in [0.29, 0.717) is 22.3 Å². The molecule has 20 heavy (non-hydrogen) atoms. The molecule has 1 aromatic carbocycles. The summed E-state index contributed by atoms with van der Waals surface area (Å²) in [6.07, 6.45) is 3.37. The Morgan fingerprint density at radius 1 is 1.20 bits per heavy atom. The number of nitrogens with zero attached hydrogens (tertiary/aromatic N) is 1. The summed E-state index contributed by atoms with van der Waals surface area (Å²) in [6, 6.07) is 8.87. The molecule has 1 aromatic heterocycles. The Morgan fingerprint density at radius 3 is 2.70 bits per heavy atom. The van der Waals surface area contributed by atoms with Gasteiger partial charge >= 0.3 is 0 Å². The van der Waals surface area contributed by atoms with Crippen molar-refractivity contribution in [3.63, 3.8) is 0 Å². The van der Waals surface area contributed by atoms with Crippen molar-refractivity contribution in [3.8, 4) is 0 Å². The average Bonchev–Trinajstić information content (AvgIpc) is 2.41. The summed E-state index contributed by atoms with van der Waals surface area (Å²) in [5.74, 6) is -2.44. The summed E-state index contributed by atoms with van der Waals surface area (Å²) in [4.78, 5) is 4.62. The van der Waals surface area contributed by atoms with Crippen molar-refractivity contribution in [1.29, 1.82) is 0 Å². The quantitative estimate of drug-likeness (QED) is 0.765. The van der Waals surface area contributed by atoms with Gasteiger partial charge in [-0.2, -0.15) is 8.78 Å². The van der Waals surface area contributed by atoms with Gasteiger partial charge in [-0.15, -0.1) is 0 Å². The first-order chi connectivity index (χ1) is 9.69. The third kappa shape index (κ3) is 4.09. The van der Waals surface area contributed by atoms with Gasteiger partial charge in [0.1, 0.15) is 0 Å². The van der Waals surface area contributed by atoms with Gasteiger partial charge in [0.25, 0.3) is 5.76 Å². The maximum atomic E-state index is 12.5. The predicted octanol–water partition coefficient (Wildman–Crippen LogP) is 4.57. The van der Waals surface area contributed by atoms with E-state index in [1.54, 1.807) is 36.7 Å². The van der Waals surface area contributed by atoms with Gasteiger partial charge in [0.05, 0.1) is 29.5 Å². The molecule has 2 rings (SSSR count). The standard InChI is InChI=1S/C14H15F2N3S/c1-2-18-10-7-11(9-17-8-10)19-12-5-3-4-6-13(12)20-14(15)16/h3-9,14,18-19H,2H2,1H3. The Bertz CT molecular complexity index is 564. The Hall–Kier alpha value is -1.82. The summed E-state index contributed by atoms with van der Waals surface area (Å²) >= 11 is 0.527. The first-order valence-electron chi connectivity index (χ1n) is 6.19. The molecular weight excluding hydrogens is 280 g/mol. The third-order valence-electron chi connectivity index (χ3n) is 2.50. The largest absolute Gasteiger partial charge is 0.384 e. The SMILES string of the molecule is CCNc1cncc(Nc2ccccc2SC(F)F)c1. The lowest BCUT2D eigenvalue weighted by Crippen LogP contribution is -1.99. The molecule has 6 heteroatoms. The number of pyridine rings is 1. The highest BCUT2D eigenvalue weighted by Gasteiger charge is 2.09. The summed E-state index contributed by atoms with van der Waals surface area (Å²) in [7, 11) is 0. The number of alkyl halides is 2. The molecule has 0 aliphatic heterocycles. The van der Waals surface area contributed by atoms with Crippen LogP contribution in [-0.4, -0.2) is 17.3 Å². The number of para-hydroxylation sites is 1. The molecule has 2 N–H and O–H groups in total. The number of thioether (sulfide) groups is 1. The Labute approximate surface area is 120 Å². The molecule has 0 radical (unpaired) electrons. The second kappa shape index (κ2) is 7.09. The van der Waals surface area contributed by atoms with Crippen LogP contribution in [0.15, 0.2) is 47.6 Å². The molecule has 0 saturated carbocycles. The molecular formula is C14H15F2N3S. The van der Waals surface area contributed by atoms with E-state index >= 15 is 0 Å². The van der Waals surface area contributed by atoms with E-state index in [2.05, 4.69) is 15.6 Å². The summed E-state index contributed by atoms with van der Waals surface area (Å²) in [6.45, 7) is 2.79. The number of nitrogens with one attached hydrogen (secondary N) is 2. The van der Waals surface area contributed by atoms with Crippen LogP contribution in [0.25, 0.3) is 0 Å². The van der Waals surface area contributed by atoms with Crippen molar-refractivity contribution in [2.45, 2.75) is 17.6 Å². The topological polar surface area (TPSA) is 37.0 Å². The van der Waals surface area contributed by atoms with Crippen LogP contribution in [0.2, 0.25) is 0 Å². The van der Waals surface area contributed by atoms with Crippen LogP contribution in [0.4, 0.5) is 25.8 Å². The molecule has 0 bridgehead atoms. The molecule has 0 atom stereocenters. The average molecular weight is 295 g/mol. The van der Waals surface area contributed by atoms with Crippen molar-refractivity contribution in [2.75, 3.05) is 17.2 Å². The van der Waals surface area contributed by atoms with Gasteiger partial charge in [-0.3, -0.25) is 4.98 Å². The minimum Gasteiger partial charge on any atom is -0.384 e. The van der Waals surface area contributed by atoms with E-state index in [1.807, 2.05) is 13.0 Å². The smallest absolute Gasteiger partial charge is 0.288 e. The van der Waals surface area contributed by atoms with Crippen LogP contribution in [0.5, 0.6) is 0 Å². The van der Waals surface area contributed by atoms with Crippen molar-refractivity contribution in [1.82, 2.24) is 4.98 Å². The van der Waals surface area contributed by atoms with Crippen molar-refractivity contribution >= 4 is 28.8 Å². The van der Waals surface area contributed by atoms with E-state index in [-0.39, 0.29) is 0 Å². The van der Waals surface area contributed by atoms with E-state index in [1.165, 1.54) is 0 Å². The van der Waals surface area contributed by atoms with E-state index in [0.717, 1.165) is 17.9 Å². The Morgan fingerprint density at radius 2 is 1.95 bits per heavy atom. The van der Waals surface area contributed by atoms with Crippen LogP contribution in [0, 0.1) is 0 Å². The lowest BCUT2D eigenvalue weighted by molar-refractivity contribution is 0.252. The maximum absolute atomic E-state index is 12.5. The highest BCUT2D eigenvalue weighted by molar-refractivity contribution is 7.99. The Balaban J connectivity index is 2.19. The summed E-state index contributed by atoms with van der Waals surface area (Å²) < 4.78 is 25.0. The molecule has 3 nitrogen and oxygen atoms in total. The lowest BCUT2D eigenvalue weighted by atomic mass is 10.3. The van der Waals surface area contributed by atoms with E-state index < -0.39 is 5.76 Å². The molecule has 106 valence electrons. The predicted molar refractivity (Wildman–Crippen MR) is 80.0 cm³/mol. The van der Waals surface area contributed by atoms with Crippen molar-refractivity contribution < 1.29 is 8.78 Å². The molecule has 0 unspecified atom stereocenters. The normalized spacial score (nSPS) is 10.6. The molecule has 0 aliphatic rings. The number of hydrogen-bond acceptors (Lipinski definition) is 4. The van der Waals surface area contributed by atoms with Gasteiger partial charge in [-0.25, -0.2) is 0 Å². The second-order valence-electron chi connectivity index (χ2n) is 3.99. The number of hydrogen-bond donors (Lipinski definition) is 2. The number of benzene rings is 1. The van der Waals surface area contributed by atoms with Gasteiger partial charge in [0.2, 0.25) is 0 Å². The van der Waals surface area contributed by atoms with Gasteiger partial charge < -0.3 is 10.6 Å². The molecule has 0 aliphatic carbocycles. The molecule has 1 heterocycles. The fraction of sp³-hybridized carbons (Fsp3) is 0.214. The minimum absolute atomic E-state index is 0.511. The van der Waals surface area contributed by atoms with Crippen LogP contribution < -0.4 is 10.6 Å². The first kappa shape index (κ1) is 14.6. The highest BCUT2D eigenvalue weighted by atomic mass is 32.2. The molecule has 0 saturated heterocycles. The van der Waals surface area contributed by atoms with Gasteiger partial charge in [0.15, 0.2) is 0 Å². The number of aromatic nitrogens is 1. The lowest BCUT2D eigenvalue weighted by Gasteiger charge is -2.12. The van der Waals surface area contributed by atoms with Crippen LogP contribution in [0.1, 0.15) is 6.92 Å². The maximum Gasteiger partial charge on any atom is 0.288 e. The first-order valence-corrected chi connectivity index (χ1v) is 7.07. The van der Waals surface area contributed by atoms with Crippen molar-refractivity contribution in [2.24, 2.45) is 0 Å². The number of rotatable bonds is 6. The van der Waals surface area contributed by atoms with E-state index in [9.17, 15) is 8.78 Å². The van der Waals surface area contributed by atoms with Gasteiger partial charge in [0, 0.05) is 11.4 Å². The minimum atomic E-state index is -2.44. The van der Waals surface area contributed by atoms with Gasteiger partial charge in [-0.05, 0) is 25.1 Å². The molecule has 0 fully saturated rings. The van der Waals surface area contributed by atoms with Crippen molar-refractivity contribution in [3.05, 3.63) is 42.7 Å². The van der Waals surface area contributed by atoms with Crippen LogP contribution in [0.3, 0.4) is 0 Å². The number of anilines is 3. The fourth-order valence-corrected chi connectivity index (χ4v) is 2.33. The van der Waals surface area contributed by atoms with E-state index in [4.69, 9.17) is 0 Å². The zero-order chi connectivity index (χ0) is 14.4. The van der Waals surface area contributed by atoms with Crippen LogP contribution >= 0.6 is 11.8 Å². The van der Waals surface area contributed by atoms with Gasteiger partial charge in [-0.1, -0.05) is 23.9 Å². The number of halogens is 2. The third-order valence-corrected chi connectivity index (χ3v) is 3.29. The highest BCUT2D eigenvalue weighted by Crippen LogP contribution is 2.33. The monoisotopic (exact) mass is 295 g/mol. The molecule has 0 amide bonds.